The summed E-state index contributed by atoms with van der Waals surface area (Å²) in [4.78, 5) is 2.44. The van der Waals surface area contributed by atoms with E-state index in [1.54, 1.807) is 0 Å². The van der Waals surface area contributed by atoms with E-state index in [0.29, 0.717) is 6.54 Å². The molecular weight excluding hydrogens is 264 g/mol. The van der Waals surface area contributed by atoms with Crippen molar-refractivity contribution in [3.05, 3.63) is 29.8 Å². The van der Waals surface area contributed by atoms with Crippen molar-refractivity contribution in [1.82, 2.24) is 4.90 Å². The fourth-order valence-electron chi connectivity index (χ4n) is 2.81. The van der Waals surface area contributed by atoms with Crippen LogP contribution in [0, 0.1) is 0 Å². The van der Waals surface area contributed by atoms with Crippen molar-refractivity contribution in [2.45, 2.75) is 38.8 Å². The molecule has 21 heavy (non-hydrogen) atoms. The maximum absolute atomic E-state index is 6.04. The molecule has 2 N–H and O–H groups in total. The molecule has 1 heterocycles. The SMILES string of the molecule is CCCOc1ccc(C(CN)N2CCCOC(C)C2)cc1. The summed E-state index contributed by atoms with van der Waals surface area (Å²) in [5, 5.41) is 0. The van der Waals surface area contributed by atoms with Gasteiger partial charge >= 0.3 is 0 Å². The van der Waals surface area contributed by atoms with Crippen LogP contribution in [0.2, 0.25) is 0 Å². The predicted molar refractivity (Wildman–Crippen MR) is 85.6 cm³/mol. The molecule has 118 valence electrons. The Bertz CT molecular complexity index is 408. The summed E-state index contributed by atoms with van der Waals surface area (Å²) in [5.41, 5.74) is 7.30. The van der Waals surface area contributed by atoms with Gasteiger partial charge in [-0.25, -0.2) is 0 Å². The van der Waals surface area contributed by atoms with E-state index in [1.807, 2.05) is 12.1 Å². The van der Waals surface area contributed by atoms with E-state index in [9.17, 15) is 0 Å². The van der Waals surface area contributed by atoms with Crippen LogP contribution in [-0.4, -0.2) is 43.9 Å². The zero-order valence-corrected chi connectivity index (χ0v) is 13.3. The van der Waals surface area contributed by atoms with Gasteiger partial charge in [-0.1, -0.05) is 19.1 Å². The molecule has 4 nitrogen and oxygen atoms in total. The molecule has 1 aromatic carbocycles. The smallest absolute Gasteiger partial charge is 0.119 e. The summed E-state index contributed by atoms with van der Waals surface area (Å²) in [6, 6.07) is 8.63. The number of ether oxygens (including phenoxy) is 2. The average molecular weight is 292 g/mol. The Morgan fingerprint density at radius 2 is 2.14 bits per heavy atom. The van der Waals surface area contributed by atoms with Crippen LogP contribution in [0.15, 0.2) is 24.3 Å². The highest BCUT2D eigenvalue weighted by Gasteiger charge is 2.23. The average Bonchev–Trinajstić information content (AvgIpc) is 2.72. The van der Waals surface area contributed by atoms with Crippen molar-refractivity contribution in [1.29, 1.82) is 0 Å². The first-order valence-corrected chi connectivity index (χ1v) is 8.03. The Morgan fingerprint density at radius 3 is 2.81 bits per heavy atom. The number of benzene rings is 1. The van der Waals surface area contributed by atoms with E-state index in [1.165, 1.54) is 5.56 Å². The maximum Gasteiger partial charge on any atom is 0.119 e. The summed E-state index contributed by atoms with van der Waals surface area (Å²) in [6.07, 6.45) is 2.37. The molecule has 0 spiro atoms. The lowest BCUT2D eigenvalue weighted by molar-refractivity contribution is 0.0612. The topological polar surface area (TPSA) is 47.7 Å². The Kier molecular flexibility index (Phi) is 6.49. The third-order valence-corrected chi connectivity index (χ3v) is 3.89. The number of nitrogens with zero attached hydrogens (tertiary/aromatic N) is 1. The summed E-state index contributed by atoms with van der Waals surface area (Å²) in [7, 11) is 0. The summed E-state index contributed by atoms with van der Waals surface area (Å²) >= 11 is 0. The number of nitrogens with two attached hydrogens (primary N) is 1. The van der Waals surface area contributed by atoms with Gasteiger partial charge < -0.3 is 15.2 Å². The molecule has 0 bridgehead atoms. The van der Waals surface area contributed by atoms with Crippen molar-refractivity contribution in [3.63, 3.8) is 0 Å². The number of hydrogen-bond acceptors (Lipinski definition) is 4. The zero-order chi connectivity index (χ0) is 15.1. The second-order valence-corrected chi connectivity index (χ2v) is 5.70. The summed E-state index contributed by atoms with van der Waals surface area (Å²) < 4.78 is 11.4. The van der Waals surface area contributed by atoms with E-state index in [0.717, 1.165) is 44.9 Å². The molecule has 0 radical (unpaired) electrons. The van der Waals surface area contributed by atoms with Gasteiger partial charge in [0.1, 0.15) is 5.75 Å². The zero-order valence-electron chi connectivity index (χ0n) is 13.3. The van der Waals surface area contributed by atoms with E-state index < -0.39 is 0 Å². The highest BCUT2D eigenvalue weighted by atomic mass is 16.5. The highest BCUT2D eigenvalue weighted by Crippen LogP contribution is 2.24. The van der Waals surface area contributed by atoms with E-state index in [-0.39, 0.29) is 12.1 Å². The molecule has 2 unspecified atom stereocenters. The molecule has 0 aliphatic carbocycles. The van der Waals surface area contributed by atoms with Gasteiger partial charge in [0.05, 0.1) is 12.7 Å². The number of hydrogen-bond donors (Lipinski definition) is 1. The molecule has 1 saturated heterocycles. The van der Waals surface area contributed by atoms with Crippen LogP contribution in [0.25, 0.3) is 0 Å². The minimum atomic E-state index is 0.259. The lowest BCUT2D eigenvalue weighted by Crippen LogP contribution is -2.37. The summed E-state index contributed by atoms with van der Waals surface area (Å²) in [5.74, 6) is 0.934. The second-order valence-electron chi connectivity index (χ2n) is 5.70. The van der Waals surface area contributed by atoms with Gasteiger partial charge in [0.25, 0.3) is 0 Å². The fourth-order valence-corrected chi connectivity index (χ4v) is 2.81. The molecule has 1 fully saturated rings. The molecule has 1 aliphatic heterocycles. The van der Waals surface area contributed by atoms with E-state index in [4.69, 9.17) is 15.2 Å². The Balaban J connectivity index is 2.05. The van der Waals surface area contributed by atoms with E-state index in [2.05, 4.69) is 30.9 Å². The first-order chi connectivity index (χ1) is 10.2. The van der Waals surface area contributed by atoms with Gasteiger partial charge in [0, 0.05) is 32.3 Å². The second kappa shape index (κ2) is 8.37. The summed E-state index contributed by atoms with van der Waals surface area (Å²) in [6.45, 7) is 8.46. The van der Waals surface area contributed by atoms with Gasteiger partial charge in [-0.05, 0) is 37.5 Å². The minimum absolute atomic E-state index is 0.259. The van der Waals surface area contributed by atoms with Gasteiger partial charge in [-0.3, -0.25) is 4.90 Å². The first-order valence-electron chi connectivity index (χ1n) is 8.03. The van der Waals surface area contributed by atoms with Crippen LogP contribution < -0.4 is 10.5 Å². The van der Waals surface area contributed by atoms with Crippen LogP contribution in [0.5, 0.6) is 5.75 Å². The van der Waals surface area contributed by atoms with Crippen molar-refractivity contribution in [2.75, 3.05) is 32.8 Å². The normalized spacial score (nSPS) is 21.8. The van der Waals surface area contributed by atoms with Gasteiger partial charge in [-0.2, -0.15) is 0 Å². The van der Waals surface area contributed by atoms with Crippen molar-refractivity contribution < 1.29 is 9.47 Å². The first kappa shape index (κ1) is 16.3. The molecule has 0 saturated carbocycles. The van der Waals surface area contributed by atoms with Gasteiger partial charge in [-0.15, -0.1) is 0 Å². The largest absolute Gasteiger partial charge is 0.494 e. The molecule has 2 rings (SSSR count). The standard InChI is InChI=1S/C17H28N2O2/c1-3-10-21-16-7-5-15(6-8-16)17(12-18)19-9-4-11-20-14(2)13-19/h5-8,14,17H,3-4,9-13,18H2,1-2H3. The minimum Gasteiger partial charge on any atom is -0.494 e. The third-order valence-electron chi connectivity index (χ3n) is 3.89. The highest BCUT2D eigenvalue weighted by molar-refractivity contribution is 5.29. The Hall–Kier alpha value is -1.10. The van der Waals surface area contributed by atoms with Crippen LogP contribution in [-0.2, 0) is 4.74 Å². The Labute approximate surface area is 128 Å². The molecular formula is C17H28N2O2. The fraction of sp³-hybridized carbons (Fsp3) is 0.647. The maximum atomic E-state index is 6.04. The molecule has 4 heteroatoms. The predicted octanol–water partition coefficient (Wildman–Crippen LogP) is 2.59. The lowest BCUT2D eigenvalue weighted by atomic mass is 10.0. The van der Waals surface area contributed by atoms with Crippen molar-refractivity contribution in [3.8, 4) is 5.75 Å². The van der Waals surface area contributed by atoms with Crippen LogP contribution in [0.3, 0.4) is 0 Å². The van der Waals surface area contributed by atoms with E-state index >= 15 is 0 Å². The quantitative estimate of drug-likeness (QED) is 0.875. The molecule has 0 aromatic heterocycles. The van der Waals surface area contributed by atoms with Crippen molar-refractivity contribution in [2.24, 2.45) is 5.73 Å². The van der Waals surface area contributed by atoms with Crippen LogP contribution in [0.1, 0.15) is 38.3 Å². The van der Waals surface area contributed by atoms with Gasteiger partial charge in [0.15, 0.2) is 0 Å². The lowest BCUT2D eigenvalue weighted by Gasteiger charge is -2.31. The molecule has 0 amide bonds. The molecule has 2 atom stereocenters. The molecule has 1 aromatic rings. The van der Waals surface area contributed by atoms with Crippen molar-refractivity contribution >= 4 is 0 Å². The van der Waals surface area contributed by atoms with Gasteiger partial charge in [0.2, 0.25) is 0 Å². The Morgan fingerprint density at radius 1 is 1.38 bits per heavy atom. The number of rotatable bonds is 6. The monoisotopic (exact) mass is 292 g/mol. The third kappa shape index (κ3) is 4.70. The molecule has 1 aliphatic rings. The van der Waals surface area contributed by atoms with Crippen LogP contribution in [0.4, 0.5) is 0 Å². The van der Waals surface area contributed by atoms with Crippen LogP contribution >= 0.6 is 0 Å².